The number of allylic oxidation sites excluding steroid dienone is 1. The van der Waals surface area contributed by atoms with Gasteiger partial charge in [-0.05, 0) is 24.1 Å². The van der Waals surface area contributed by atoms with Gasteiger partial charge in [-0.2, -0.15) is 5.10 Å². The van der Waals surface area contributed by atoms with E-state index in [0.29, 0.717) is 17.0 Å². The lowest BCUT2D eigenvalue weighted by Gasteiger charge is -2.06. The molecule has 0 bridgehead atoms. The molecule has 0 unspecified atom stereocenters. The molecule has 1 aromatic carbocycles. The van der Waals surface area contributed by atoms with Crippen LogP contribution in [-0.4, -0.2) is 21.2 Å². The lowest BCUT2D eigenvalue weighted by Crippen LogP contribution is -2.21. The van der Waals surface area contributed by atoms with Gasteiger partial charge in [-0.1, -0.05) is 24.8 Å². The van der Waals surface area contributed by atoms with Crippen molar-refractivity contribution in [2.45, 2.75) is 13.5 Å². The maximum Gasteiger partial charge on any atom is 0.274 e. The Bertz CT molecular complexity index is 617. The van der Waals surface area contributed by atoms with Gasteiger partial charge in [-0.3, -0.25) is 9.89 Å². The molecular formula is C14H15N3O2. The summed E-state index contributed by atoms with van der Waals surface area (Å²) in [6.07, 6.45) is 1.59. The van der Waals surface area contributed by atoms with Crippen molar-refractivity contribution in [1.82, 2.24) is 15.5 Å². The molecule has 98 valence electrons. The molecule has 1 heterocycles. The minimum atomic E-state index is -0.283. The first-order valence-corrected chi connectivity index (χ1v) is 5.82. The number of carbonyl (C=O) groups is 1. The maximum absolute atomic E-state index is 12.0. The normalized spacial score (nSPS) is 10.2. The zero-order chi connectivity index (χ0) is 13.8. The smallest absolute Gasteiger partial charge is 0.274 e. The third kappa shape index (κ3) is 2.89. The fourth-order valence-electron chi connectivity index (χ4n) is 1.77. The van der Waals surface area contributed by atoms with Crippen molar-refractivity contribution in [2.24, 2.45) is 0 Å². The lowest BCUT2D eigenvalue weighted by atomic mass is 10.0. The van der Waals surface area contributed by atoms with Gasteiger partial charge in [-0.25, -0.2) is 0 Å². The molecule has 19 heavy (non-hydrogen) atoms. The Labute approximate surface area is 111 Å². The molecule has 2 rings (SSSR count). The van der Waals surface area contributed by atoms with Crippen LogP contribution in [0.4, 0.5) is 0 Å². The molecule has 0 spiro atoms. The number of nitrogens with zero attached hydrogens (tertiary/aromatic N) is 1. The van der Waals surface area contributed by atoms with Crippen LogP contribution in [0.5, 0.6) is 0 Å². The second-order valence-electron chi connectivity index (χ2n) is 4.25. The Morgan fingerprint density at radius 1 is 1.53 bits per heavy atom. The van der Waals surface area contributed by atoms with Gasteiger partial charge in [0.15, 0.2) is 0 Å². The number of benzene rings is 1. The maximum atomic E-state index is 12.0. The molecular weight excluding hydrogens is 242 g/mol. The summed E-state index contributed by atoms with van der Waals surface area (Å²) in [4.78, 5) is 12.0. The molecule has 5 heteroatoms. The van der Waals surface area contributed by atoms with Crippen LogP contribution in [0.3, 0.4) is 0 Å². The highest BCUT2D eigenvalue weighted by Crippen LogP contribution is 2.23. The summed E-state index contributed by atoms with van der Waals surface area (Å²) in [5.41, 5.74) is 3.24. The molecule has 3 N–H and O–H groups in total. The largest absolute Gasteiger partial charge is 0.392 e. The lowest BCUT2D eigenvalue weighted by molar-refractivity contribution is 0.0962. The fourth-order valence-corrected chi connectivity index (χ4v) is 1.77. The molecule has 1 aromatic heterocycles. The summed E-state index contributed by atoms with van der Waals surface area (Å²) in [6.45, 7) is 5.30. The number of rotatable bonds is 4. The van der Waals surface area contributed by atoms with Gasteiger partial charge in [0.05, 0.1) is 12.8 Å². The van der Waals surface area contributed by atoms with E-state index < -0.39 is 0 Å². The van der Waals surface area contributed by atoms with E-state index in [9.17, 15) is 4.79 Å². The van der Waals surface area contributed by atoms with E-state index in [-0.39, 0.29) is 12.5 Å². The standard InChI is InChI=1S/C14H15N3O2/c1-9(2)16-14(19)13-12(7-15-17-13)11-5-3-4-10(6-11)8-18/h3-7,18H,1,8H2,2H3,(H,15,17)(H,16,19). The number of aliphatic hydroxyl groups is 1. The molecule has 0 aliphatic carbocycles. The van der Waals surface area contributed by atoms with Gasteiger partial charge >= 0.3 is 0 Å². The molecule has 0 fully saturated rings. The number of amides is 1. The molecule has 1 amide bonds. The van der Waals surface area contributed by atoms with Crippen LogP contribution in [0.25, 0.3) is 11.1 Å². The highest BCUT2D eigenvalue weighted by Gasteiger charge is 2.15. The third-order valence-electron chi connectivity index (χ3n) is 2.61. The molecule has 0 atom stereocenters. The second-order valence-corrected chi connectivity index (χ2v) is 4.25. The summed E-state index contributed by atoms with van der Waals surface area (Å²) in [7, 11) is 0. The zero-order valence-electron chi connectivity index (χ0n) is 10.6. The van der Waals surface area contributed by atoms with E-state index >= 15 is 0 Å². The van der Waals surface area contributed by atoms with Gasteiger partial charge in [0, 0.05) is 11.3 Å². The van der Waals surface area contributed by atoms with E-state index in [4.69, 9.17) is 5.11 Å². The number of aromatic nitrogens is 2. The Morgan fingerprint density at radius 2 is 2.32 bits per heavy atom. The summed E-state index contributed by atoms with van der Waals surface area (Å²) in [5.74, 6) is -0.283. The van der Waals surface area contributed by atoms with Crippen LogP contribution < -0.4 is 5.32 Å². The second kappa shape index (κ2) is 5.49. The molecule has 5 nitrogen and oxygen atoms in total. The van der Waals surface area contributed by atoms with E-state index in [2.05, 4.69) is 22.1 Å². The highest BCUT2D eigenvalue weighted by molar-refractivity contribution is 5.99. The van der Waals surface area contributed by atoms with Crippen LogP contribution >= 0.6 is 0 Å². The van der Waals surface area contributed by atoms with E-state index in [1.807, 2.05) is 24.3 Å². The summed E-state index contributed by atoms with van der Waals surface area (Å²) in [5, 5.41) is 18.4. The highest BCUT2D eigenvalue weighted by atomic mass is 16.3. The van der Waals surface area contributed by atoms with Crippen molar-refractivity contribution in [3.05, 3.63) is 54.0 Å². The summed E-state index contributed by atoms with van der Waals surface area (Å²) in [6, 6.07) is 7.33. The average molecular weight is 257 g/mol. The Hall–Kier alpha value is -2.40. The van der Waals surface area contributed by atoms with Crippen molar-refractivity contribution < 1.29 is 9.90 Å². The third-order valence-corrected chi connectivity index (χ3v) is 2.61. The van der Waals surface area contributed by atoms with Crippen LogP contribution in [0, 0.1) is 0 Å². The number of aromatic amines is 1. The van der Waals surface area contributed by atoms with E-state index in [1.54, 1.807) is 13.1 Å². The quantitative estimate of drug-likeness (QED) is 0.782. The van der Waals surface area contributed by atoms with Crippen molar-refractivity contribution in [2.75, 3.05) is 0 Å². The molecule has 0 radical (unpaired) electrons. The van der Waals surface area contributed by atoms with Gasteiger partial charge in [0.1, 0.15) is 5.69 Å². The monoisotopic (exact) mass is 257 g/mol. The van der Waals surface area contributed by atoms with Crippen LogP contribution in [0.15, 0.2) is 42.7 Å². The van der Waals surface area contributed by atoms with Crippen molar-refractivity contribution in [1.29, 1.82) is 0 Å². The number of hydrogen-bond donors (Lipinski definition) is 3. The first kappa shape index (κ1) is 13.0. The van der Waals surface area contributed by atoms with Crippen LogP contribution in [0.1, 0.15) is 23.0 Å². The number of H-pyrrole nitrogens is 1. The SMILES string of the molecule is C=C(C)NC(=O)c1[nH]ncc1-c1cccc(CO)c1. The number of hydrogen-bond acceptors (Lipinski definition) is 3. The number of carbonyl (C=O) groups excluding carboxylic acids is 1. The van der Waals surface area contributed by atoms with E-state index in [1.165, 1.54) is 0 Å². The first-order chi connectivity index (χ1) is 9.11. The van der Waals surface area contributed by atoms with Crippen LogP contribution in [-0.2, 0) is 6.61 Å². The predicted octanol–water partition coefficient (Wildman–Crippen LogP) is 1.83. The Kier molecular flexibility index (Phi) is 3.77. The Morgan fingerprint density at radius 3 is 3.00 bits per heavy atom. The first-order valence-electron chi connectivity index (χ1n) is 5.82. The van der Waals surface area contributed by atoms with Gasteiger partial charge in [-0.15, -0.1) is 0 Å². The Balaban J connectivity index is 2.38. The van der Waals surface area contributed by atoms with Crippen LogP contribution in [0.2, 0.25) is 0 Å². The van der Waals surface area contributed by atoms with Crippen molar-refractivity contribution in [3.63, 3.8) is 0 Å². The predicted molar refractivity (Wildman–Crippen MR) is 72.2 cm³/mol. The molecule has 0 saturated carbocycles. The van der Waals surface area contributed by atoms with Gasteiger partial charge in [0.2, 0.25) is 0 Å². The summed E-state index contributed by atoms with van der Waals surface area (Å²) < 4.78 is 0. The topological polar surface area (TPSA) is 78.0 Å². The fraction of sp³-hybridized carbons (Fsp3) is 0.143. The number of aliphatic hydroxyl groups excluding tert-OH is 1. The molecule has 2 aromatic rings. The van der Waals surface area contributed by atoms with Gasteiger partial charge in [0.25, 0.3) is 5.91 Å². The minimum absolute atomic E-state index is 0.0427. The minimum Gasteiger partial charge on any atom is -0.392 e. The number of nitrogens with one attached hydrogen (secondary N) is 2. The van der Waals surface area contributed by atoms with Crippen molar-refractivity contribution in [3.8, 4) is 11.1 Å². The zero-order valence-corrected chi connectivity index (χ0v) is 10.6. The average Bonchev–Trinajstić information content (AvgIpc) is 2.87. The van der Waals surface area contributed by atoms with Crippen molar-refractivity contribution >= 4 is 5.91 Å². The molecule has 0 aliphatic rings. The van der Waals surface area contributed by atoms with E-state index in [0.717, 1.165) is 11.1 Å². The molecule has 0 saturated heterocycles. The summed E-state index contributed by atoms with van der Waals surface area (Å²) >= 11 is 0. The van der Waals surface area contributed by atoms with Gasteiger partial charge < -0.3 is 10.4 Å². The molecule has 0 aliphatic heterocycles.